The van der Waals surface area contributed by atoms with Crippen molar-refractivity contribution < 1.29 is 9.53 Å². The molecule has 0 saturated carbocycles. The fourth-order valence-electron chi connectivity index (χ4n) is 4.40. The molecule has 0 aliphatic rings. The highest BCUT2D eigenvalue weighted by Crippen LogP contribution is 2.26. The molecule has 0 unspecified atom stereocenters. The van der Waals surface area contributed by atoms with Gasteiger partial charge in [-0.25, -0.2) is 0 Å². The van der Waals surface area contributed by atoms with Gasteiger partial charge in [-0.15, -0.1) is 11.3 Å². The van der Waals surface area contributed by atoms with Crippen LogP contribution < -0.4 is 10.1 Å². The standard InChI is InChI=1S/C28H29N5O2S/c1-17-25(19(3)32(5)30-17)14-33-20(4)27(18(2)31-33)29-28(34)26-12-21(16-36-26)15-35-24-11-10-22-8-6-7-9-23(22)13-24/h6-13,16H,14-15H2,1-5H3,(H,29,34). The maximum absolute atomic E-state index is 13.0. The van der Waals surface area contributed by atoms with E-state index in [1.54, 1.807) is 0 Å². The van der Waals surface area contributed by atoms with E-state index in [0.29, 0.717) is 18.0 Å². The Hall–Kier alpha value is -3.91. The first kappa shape index (κ1) is 23.8. The fourth-order valence-corrected chi connectivity index (χ4v) is 5.19. The largest absolute Gasteiger partial charge is 0.489 e. The zero-order valence-corrected chi connectivity index (χ0v) is 21.9. The van der Waals surface area contributed by atoms with E-state index in [9.17, 15) is 4.79 Å². The summed E-state index contributed by atoms with van der Waals surface area (Å²) in [4.78, 5) is 13.7. The number of rotatable bonds is 7. The summed E-state index contributed by atoms with van der Waals surface area (Å²) >= 11 is 1.41. The van der Waals surface area contributed by atoms with Crippen LogP contribution in [0.15, 0.2) is 53.9 Å². The molecule has 0 fully saturated rings. The summed E-state index contributed by atoms with van der Waals surface area (Å²) in [5.74, 6) is 0.667. The van der Waals surface area contributed by atoms with Crippen LogP contribution in [-0.2, 0) is 20.2 Å². The van der Waals surface area contributed by atoms with Gasteiger partial charge in [0.25, 0.3) is 5.91 Å². The second kappa shape index (κ2) is 9.62. The molecule has 3 aromatic heterocycles. The molecule has 5 aromatic rings. The molecule has 0 spiro atoms. The lowest BCUT2D eigenvalue weighted by Gasteiger charge is -2.07. The molecule has 36 heavy (non-hydrogen) atoms. The molecule has 1 N–H and O–H groups in total. The van der Waals surface area contributed by atoms with E-state index in [-0.39, 0.29) is 5.91 Å². The minimum Gasteiger partial charge on any atom is -0.489 e. The van der Waals surface area contributed by atoms with Crippen molar-refractivity contribution in [3.05, 3.63) is 92.7 Å². The van der Waals surface area contributed by atoms with Gasteiger partial charge in [-0.2, -0.15) is 10.2 Å². The number of nitrogens with zero attached hydrogens (tertiary/aromatic N) is 4. The van der Waals surface area contributed by atoms with Crippen molar-refractivity contribution in [3.63, 3.8) is 0 Å². The summed E-state index contributed by atoms with van der Waals surface area (Å²) in [5.41, 5.74) is 6.67. The van der Waals surface area contributed by atoms with Crippen LogP contribution in [0.2, 0.25) is 0 Å². The lowest BCUT2D eigenvalue weighted by molar-refractivity contribution is 0.103. The van der Waals surface area contributed by atoms with E-state index < -0.39 is 0 Å². The average molecular weight is 500 g/mol. The maximum Gasteiger partial charge on any atom is 0.265 e. The van der Waals surface area contributed by atoms with Crippen LogP contribution in [-0.4, -0.2) is 25.5 Å². The number of aryl methyl sites for hydroxylation is 3. The van der Waals surface area contributed by atoms with Gasteiger partial charge in [0, 0.05) is 23.9 Å². The Morgan fingerprint density at radius 1 is 0.972 bits per heavy atom. The van der Waals surface area contributed by atoms with Gasteiger partial charge in [0.1, 0.15) is 12.4 Å². The Balaban J connectivity index is 1.26. The molecule has 0 bridgehead atoms. The predicted octanol–water partition coefficient (Wildman–Crippen LogP) is 5.94. The van der Waals surface area contributed by atoms with Crippen molar-refractivity contribution in [2.24, 2.45) is 7.05 Å². The van der Waals surface area contributed by atoms with E-state index in [4.69, 9.17) is 4.74 Å². The Labute approximate surface area is 214 Å². The Morgan fingerprint density at radius 2 is 1.75 bits per heavy atom. The van der Waals surface area contributed by atoms with Gasteiger partial charge in [-0.3, -0.25) is 14.2 Å². The smallest absolute Gasteiger partial charge is 0.265 e. The third-order valence-corrected chi connectivity index (χ3v) is 7.57. The topological polar surface area (TPSA) is 74.0 Å². The number of ether oxygens (including phenoxy) is 1. The van der Waals surface area contributed by atoms with Crippen LogP contribution in [0.3, 0.4) is 0 Å². The van der Waals surface area contributed by atoms with Crippen LogP contribution in [0.25, 0.3) is 10.8 Å². The highest BCUT2D eigenvalue weighted by Gasteiger charge is 2.19. The number of thiophene rings is 1. The third-order valence-electron chi connectivity index (χ3n) is 6.59. The number of anilines is 1. The Kier molecular flexibility index (Phi) is 6.36. The summed E-state index contributed by atoms with van der Waals surface area (Å²) < 4.78 is 9.80. The molecule has 1 amide bonds. The monoisotopic (exact) mass is 499 g/mol. The number of fused-ring (bicyclic) bond motifs is 1. The number of benzene rings is 2. The van der Waals surface area contributed by atoms with Gasteiger partial charge >= 0.3 is 0 Å². The van der Waals surface area contributed by atoms with E-state index in [1.165, 1.54) is 16.7 Å². The number of hydrogen-bond donors (Lipinski definition) is 1. The third kappa shape index (κ3) is 4.64. The number of nitrogens with one attached hydrogen (secondary N) is 1. The molecule has 0 aliphatic heterocycles. The van der Waals surface area contributed by atoms with Crippen LogP contribution >= 0.6 is 11.3 Å². The second-order valence-electron chi connectivity index (χ2n) is 9.05. The molecule has 0 radical (unpaired) electrons. The van der Waals surface area contributed by atoms with Crippen molar-refractivity contribution in [2.45, 2.75) is 40.8 Å². The van der Waals surface area contributed by atoms with Crippen LogP contribution in [0.5, 0.6) is 5.75 Å². The molecular weight excluding hydrogens is 470 g/mol. The van der Waals surface area contributed by atoms with Crippen LogP contribution in [0.4, 0.5) is 5.69 Å². The Morgan fingerprint density at radius 3 is 2.50 bits per heavy atom. The van der Waals surface area contributed by atoms with Crippen molar-refractivity contribution >= 4 is 33.7 Å². The number of carbonyl (C=O) groups excluding carboxylic acids is 1. The molecule has 0 atom stereocenters. The van der Waals surface area contributed by atoms with E-state index in [2.05, 4.69) is 40.6 Å². The zero-order valence-electron chi connectivity index (χ0n) is 21.1. The van der Waals surface area contributed by atoms with E-state index >= 15 is 0 Å². The molecule has 5 rings (SSSR count). The molecule has 184 valence electrons. The minimum atomic E-state index is -0.142. The number of hydrogen-bond acceptors (Lipinski definition) is 5. The van der Waals surface area contributed by atoms with Crippen molar-refractivity contribution in [1.29, 1.82) is 0 Å². The zero-order chi connectivity index (χ0) is 25.4. The SMILES string of the molecule is Cc1nn(C)c(C)c1Cn1nc(C)c(NC(=O)c2cc(COc3ccc4ccccc4c3)cs2)c1C. The van der Waals surface area contributed by atoms with Gasteiger partial charge in [0.05, 0.1) is 34.2 Å². The molecule has 2 aromatic carbocycles. The number of amides is 1. The molecule has 0 saturated heterocycles. The normalized spacial score (nSPS) is 11.2. The maximum atomic E-state index is 13.0. The lowest BCUT2D eigenvalue weighted by Crippen LogP contribution is -2.12. The van der Waals surface area contributed by atoms with Gasteiger partial charge in [-0.1, -0.05) is 30.3 Å². The molecular formula is C28H29N5O2S. The first-order chi connectivity index (χ1) is 17.3. The van der Waals surface area contributed by atoms with E-state index in [1.807, 2.05) is 72.9 Å². The fraction of sp³-hybridized carbons (Fsp3) is 0.250. The molecule has 7 nitrogen and oxygen atoms in total. The predicted molar refractivity (Wildman–Crippen MR) is 144 cm³/mol. The van der Waals surface area contributed by atoms with Crippen molar-refractivity contribution in [1.82, 2.24) is 19.6 Å². The van der Waals surface area contributed by atoms with E-state index in [0.717, 1.165) is 50.7 Å². The molecule has 8 heteroatoms. The second-order valence-corrected chi connectivity index (χ2v) is 9.96. The summed E-state index contributed by atoms with van der Waals surface area (Å²) in [6, 6.07) is 16.1. The summed E-state index contributed by atoms with van der Waals surface area (Å²) in [6.45, 7) is 8.98. The highest BCUT2D eigenvalue weighted by atomic mass is 32.1. The first-order valence-electron chi connectivity index (χ1n) is 11.8. The lowest BCUT2D eigenvalue weighted by atomic mass is 10.1. The quantitative estimate of drug-likeness (QED) is 0.301. The van der Waals surface area contributed by atoms with Crippen molar-refractivity contribution in [2.75, 3.05) is 5.32 Å². The van der Waals surface area contributed by atoms with Gasteiger partial charge in [0.15, 0.2) is 0 Å². The van der Waals surface area contributed by atoms with Crippen molar-refractivity contribution in [3.8, 4) is 5.75 Å². The summed E-state index contributed by atoms with van der Waals surface area (Å²) in [7, 11) is 1.95. The highest BCUT2D eigenvalue weighted by molar-refractivity contribution is 7.12. The van der Waals surface area contributed by atoms with Crippen LogP contribution in [0, 0.1) is 27.7 Å². The van der Waals surface area contributed by atoms with Crippen LogP contribution in [0.1, 0.15) is 43.6 Å². The number of aromatic nitrogens is 4. The molecule has 3 heterocycles. The molecule has 0 aliphatic carbocycles. The minimum absolute atomic E-state index is 0.142. The Bertz CT molecular complexity index is 1580. The van der Waals surface area contributed by atoms with Gasteiger partial charge < -0.3 is 10.1 Å². The van der Waals surface area contributed by atoms with Gasteiger partial charge in [0.2, 0.25) is 0 Å². The van der Waals surface area contributed by atoms with Gasteiger partial charge in [-0.05, 0) is 62.0 Å². The summed E-state index contributed by atoms with van der Waals surface area (Å²) in [6.07, 6.45) is 0. The summed E-state index contributed by atoms with van der Waals surface area (Å²) in [5, 5.41) is 16.5. The first-order valence-corrected chi connectivity index (χ1v) is 12.7. The average Bonchev–Trinajstić information content (AvgIpc) is 3.52. The number of carbonyl (C=O) groups is 1.